The van der Waals surface area contributed by atoms with Crippen LogP contribution >= 0.6 is 11.3 Å². The SMILES string of the molecule is CC(C)(CNc1ccc(-c2ncc(CNC(=O)[C@@H]3CCCN3)s2)nn1)c1ncccc1F. The molecule has 8 nitrogen and oxygen atoms in total. The Kier molecular flexibility index (Phi) is 6.71. The predicted molar refractivity (Wildman–Crippen MR) is 122 cm³/mol. The van der Waals surface area contributed by atoms with Crippen molar-refractivity contribution in [2.24, 2.45) is 0 Å². The zero-order valence-corrected chi connectivity index (χ0v) is 18.9. The summed E-state index contributed by atoms with van der Waals surface area (Å²) in [6.45, 7) is 5.63. The summed E-state index contributed by atoms with van der Waals surface area (Å²) in [4.78, 5) is 21.7. The molecular weight excluding hydrogens is 429 g/mol. The van der Waals surface area contributed by atoms with Gasteiger partial charge in [-0.05, 0) is 43.7 Å². The van der Waals surface area contributed by atoms with E-state index in [1.54, 1.807) is 18.5 Å². The van der Waals surface area contributed by atoms with Crippen LogP contribution in [0.4, 0.5) is 10.2 Å². The maximum Gasteiger partial charge on any atom is 0.237 e. The third-order valence-electron chi connectivity index (χ3n) is 5.36. The van der Waals surface area contributed by atoms with Crippen molar-refractivity contribution in [3.63, 3.8) is 0 Å². The van der Waals surface area contributed by atoms with E-state index in [-0.39, 0.29) is 17.8 Å². The van der Waals surface area contributed by atoms with Crippen LogP contribution in [0.2, 0.25) is 0 Å². The zero-order chi connectivity index (χ0) is 22.6. The molecule has 4 heterocycles. The lowest BCUT2D eigenvalue weighted by molar-refractivity contribution is -0.122. The third kappa shape index (κ3) is 5.25. The Bertz CT molecular complexity index is 1060. The number of hydrogen-bond donors (Lipinski definition) is 3. The summed E-state index contributed by atoms with van der Waals surface area (Å²) in [5.74, 6) is 0.295. The number of carbonyl (C=O) groups excluding carboxylic acids is 1. The minimum atomic E-state index is -0.519. The second-order valence-electron chi connectivity index (χ2n) is 8.37. The van der Waals surface area contributed by atoms with E-state index < -0.39 is 5.41 Å². The Hall–Kier alpha value is -2.98. The van der Waals surface area contributed by atoms with E-state index in [9.17, 15) is 9.18 Å². The smallest absolute Gasteiger partial charge is 0.237 e. The van der Waals surface area contributed by atoms with Gasteiger partial charge in [0.2, 0.25) is 5.91 Å². The molecule has 1 aliphatic heterocycles. The number of hydrogen-bond acceptors (Lipinski definition) is 8. The van der Waals surface area contributed by atoms with Crippen molar-refractivity contribution in [3.05, 3.63) is 53.0 Å². The van der Waals surface area contributed by atoms with E-state index in [4.69, 9.17) is 0 Å². The zero-order valence-electron chi connectivity index (χ0n) is 18.1. The molecule has 0 bridgehead atoms. The maximum atomic E-state index is 14.1. The molecule has 10 heteroatoms. The molecule has 1 fully saturated rings. The normalized spacial score (nSPS) is 16.2. The van der Waals surface area contributed by atoms with Gasteiger partial charge in [0.05, 0.1) is 18.3 Å². The van der Waals surface area contributed by atoms with Crippen molar-refractivity contribution in [3.8, 4) is 10.7 Å². The first kappa shape index (κ1) is 22.2. The van der Waals surface area contributed by atoms with Gasteiger partial charge in [-0.1, -0.05) is 13.8 Å². The number of nitrogens with zero attached hydrogens (tertiary/aromatic N) is 4. The quantitative estimate of drug-likeness (QED) is 0.480. The Morgan fingerprint density at radius 3 is 2.88 bits per heavy atom. The number of amides is 1. The van der Waals surface area contributed by atoms with Gasteiger partial charge in [0.1, 0.15) is 22.3 Å². The topological polar surface area (TPSA) is 105 Å². The lowest BCUT2D eigenvalue weighted by Crippen LogP contribution is -2.39. The van der Waals surface area contributed by atoms with Gasteiger partial charge in [-0.3, -0.25) is 9.78 Å². The Morgan fingerprint density at radius 1 is 1.28 bits per heavy atom. The molecule has 1 aliphatic rings. The van der Waals surface area contributed by atoms with Crippen LogP contribution in [0.5, 0.6) is 0 Å². The molecule has 3 aromatic heterocycles. The lowest BCUT2D eigenvalue weighted by atomic mass is 9.88. The van der Waals surface area contributed by atoms with Crippen molar-refractivity contribution in [1.29, 1.82) is 0 Å². The van der Waals surface area contributed by atoms with E-state index >= 15 is 0 Å². The molecule has 1 saturated heterocycles. The predicted octanol–water partition coefficient (Wildman–Crippen LogP) is 2.89. The highest BCUT2D eigenvalue weighted by Gasteiger charge is 2.26. The van der Waals surface area contributed by atoms with Crippen LogP contribution < -0.4 is 16.0 Å². The van der Waals surface area contributed by atoms with Crippen LogP contribution in [-0.4, -0.2) is 45.2 Å². The van der Waals surface area contributed by atoms with Crippen LogP contribution in [0.15, 0.2) is 36.7 Å². The molecule has 0 radical (unpaired) electrons. The van der Waals surface area contributed by atoms with E-state index in [2.05, 4.69) is 36.1 Å². The monoisotopic (exact) mass is 455 g/mol. The second-order valence-corrected chi connectivity index (χ2v) is 9.49. The first-order valence-corrected chi connectivity index (χ1v) is 11.4. The number of anilines is 1. The lowest BCUT2D eigenvalue weighted by Gasteiger charge is -2.24. The largest absolute Gasteiger partial charge is 0.368 e. The standard InChI is InChI=1S/C22H26FN7OS/c1-22(2,19-15(23)5-3-10-25-19)13-28-18-8-7-17(29-30-18)21-27-12-14(32-21)11-26-20(31)16-6-4-9-24-16/h3,5,7-8,10,12,16,24H,4,6,9,11,13H2,1-2H3,(H,26,31)(H,28,30)/t16-/m0/s1. The molecule has 0 unspecified atom stereocenters. The van der Waals surface area contributed by atoms with Crippen LogP contribution in [0, 0.1) is 5.82 Å². The van der Waals surface area contributed by atoms with Crippen LogP contribution in [0.25, 0.3) is 10.7 Å². The van der Waals surface area contributed by atoms with Crippen molar-refractivity contribution in [1.82, 2.24) is 30.8 Å². The molecular formula is C22H26FN7OS. The Labute approximate surface area is 190 Å². The number of aromatic nitrogens is 4. The van der Waals surface area contributed by atoms with E-state index in [1.807, 2.05) is 26.0 Å². The molecule has 0 spiro atoms. The van der Waals surface area contributed by atoms with E-state index in [0.29, 0.717) is 30.3 Å². The number of rotatable bonds is 8. The number of thiazole rings is 1. The van der Waals surface area contributed by atoms with Crippen molar-refractivity contribution < 1.29 is 9.18 Å². The molecule has 1 atom stereocenters. The van der Waals surface area contributed by atoms with E-state index in [1.165, 1.54) is 17.4 Å². The second kappa shape index (κ2) is 9.66. The number of nitrogens with one attached hydrogen (secondary N) is 3. The minimum Gasteiger partial charge on any atom is -0.368 e. The summed E-state index contributed by atoms with van der Waals surface area (Å²) in [7, 11) is 0. The Balaban J connectivity index is 1.33. The van der Waals surface area contributed by atoms with Gasteiger partial charge in [-0.2, -0.15) is 0 Å². The average Bonchev–Trinajstić information content (AvgIpc) is 3.49. The average molecular weight is 456 g/mol. The Morgan fingerprint density at radius 2 is 2.16 bits per heavy atom. The van der Waals surface area contributed by atoms with Crippen molar-refractivity contribution >= 4 is 23.1 Å². The van der Waals surface area contributed by atoms with E-state index in [0.717, 1.165) is 29.3 Å². The molecule has 0 aromatic carbocycles. The van der Waals surface area contributed by atoms with Gasteiger partial charge >= 0.3 is 0 Å². The molecule has 0 aliphatic carbocycles. The van der Waals surface area contributed by atoms with Crippen LogP contribution in [0.3, 0.4) is 0 Å². The van der Waals surface area contributed by atoms with Gasteiger partial charge in [-0.15, -0.1) is 21.5 Å². The summed E-state index contributed by atoms with van der Waals surface area (Å²) in [5, 5.41) is 18.6. The fourth-order valence-corrected chi connectivity index (χ4v) is 4.35. The number of pyridine rings is 1. The fourth-order valence-electron chi connectivity index (χ4n) is 3.53. The molecule has 32 heavy (non-hydrogen) atoms. The highest BCUT2D eigenvalue weighted by Crippen LogP contribution is 2.26. The molecule has 3 N–H and O–H groups in total. The molecule has 168 valence electrons. The van der Waals surface area contributed by atoms with Crippen LogP contribution in [0.1, 0.15) is 37.3 Å². The summed E-state index contributed by atoms with van der Waals surface area (Å²) < 4.78 is 14.1. The minimum absolute atomic E-state index is 0.0289. The van der Waals surface area contributed by atoms with Gasteiger partial charge < -0.3 is 16.0 Å². The van der Waals surface area contributed by atoms with Gasteiger partial charge in [0, 0.05) is 29.2 Å². The van der Waals surface area contributed by atoms with Crippen LogP contribution in [-0.2, 0) is 16.8 Å². The molecule has 1 amide bonds. The molecule has 3 aromatic rings. The number of carbonyl (C=O) groups is 1. The summed E-state index contributed by atoms with van der Waals surface area (Å²) in [6, 6.07) is 6.57. The molecule has 0 saturated carbocycles. The number of halogens is 1. The summed E-state index contributed by atoms with van der Waals surface area (Å²) in [5.41, 5.74) is 0.544. The summed E-state index contributed by atoms with van der Waals surface area (Å²) in [6.07, 6.45) is 5.25. The maximum absolute atomic E-state index is 14.1. The van der Waals surface area contributed by atoms with Gasteiger partial charge in [0.15, 0.2) is 0 Å². The first-order valence-electron chi connectivity index (χ1n) is 10.6. The van der Waals surface area contributed by atoms with Crippen molar-refractivity contribution in [2.45, 2.75) is 44.7 Å². The first-order chi connectivity index (χ1) is 15.4. The van der Waals surface area contributed by atoms with Gasteiger partial charge in [0.25, 0.3) is 0 Å². The van der Waals surface area contributed by atoms with Crippen molar-refractivity contribution in [2.75, 3.05) is 18.4 Å². The van der Waals surface area contributed by atoms with Gasteiger partial charge in [-0.25, -0.2) is 9.37 Å². The molecule has 4 rings (SSSR count). The fraction of sp³-hybridized carbons (Fsp3) is 0.409. The third-order valence-corrected chi connectivity index (χ3v) is 6.38. The summed E-state index contributed by atoms with van der Waals surface area (Å²) >= 11 is 1.47. The highest BCUT2D eigenvalue weighted by molar-refractivity contribution is 7.15. The highest BCUT2D eigenvalue weighted by atomic mass is 32.1.